The molecule has 0 fully saturated rings. The molecule has 0 unspecified atom stereocenters. The number of rotatable bonds is 6. The van der Waals surface area contributed by atoms with Gasteiger partial charge in [-0.15, -0.1) is 10.2 Å². The second kappa shape index (κ2) is 7.93. The van der Waals surface area contributed by atoms with Crippen molar-refractivity contribution in [2.24, 2.45) is 0 Å². The Balaban J connectivity index is 1.82. The molecule has 3 rings (SSSR count). The molecule has 0 amide bonds. The smallest absolute Gasteiger partial charge is 0.191 e. The average Bonchev–Trinajstić information content (AvgIpc) is 3.04. The van der Waals surface area contributed by atoms with Gasteiger partial charge in [0.1, 0.15) is 0 Å². The Morgan fingerprint density at radius 3 is 2.40 bits per heavy atom. The van der Waals surface area contributed by atoms with Crippen LogP contribution in [0.4, 0.5) is 5.69 Å². The van der Waals surface area contributed by atoms with E-state index in [-0.39, 0.29) is 0 Å². The molecule has 0 saturated carbocycles. The van der Waals surface area contributed by atoms with Crippen LogP contribution in [-0.4, -0.2) is 28.9 Å². The molecule has 0 radical (unpaired) electrons. The summed E-state index contributed by atoms with van der Waals surface area (Å²) in [5.41, 5.74) is 3.35. The van der Waals surface area contributed by atoms with Gasteiger partial charge in [0.05, 0.1) is 0 Å². The van der Waals surface area contributed by atoms with Gasteiger partial charge in [-0.1, -0.05) is 41.6 Å². The van der Waals surface area contributed by atoms with Gasteiger partial charge in [0, 0.05) is 42.7 Å². The van der Waals surface area contributed by atoms with Gasteiger partial charge in [0.25, 0.3) is 0 Å². The monoisotopic (exact) mass is 372 g/mol. The van der Waals surface area contributed by atoms with Crippen LogP contribution in [0.2, 0.25) is 5.02 Å². The molecule has 0 atom stereocenters. The molecule has 0 aliphatic carbocycles. The van der Waals surface area contributed by atoms with Crippen molar-refractivity contribution in [3.05, 3.63) is 59.1 Å². The second-order valence-electron chi connectivity index (χ2n) is 5.87. The lowest BCUT2D eigenvalue weighted by atomic mass is 10.2. The van der Waals surface area contributed by atoms with E-state index in [1.165, 1.54) is 5.69 Å². The topological polar surface area (TPSA) is 34.0 Å². The van der Waals surface area contributed by atoms with Gasteiger partial charge in [-0.05, 0) is 42.8 Å². The zero-order valence-electron chi connectivity index (χ0n) is 14.6. The van der Waals surface area contributed by atoms with Crippen molar-refractivity contribution in [1.29, 1.82) is 0 Å². The number of aromatic nitrogens is 3. The molecule has 6 heteroatoms. The minimum Gasteiger partial charge on any atom is -0.378 e. The molecule has 0 bridgehead atoms. The van der Waals surface area contributed by atoms with E-state index in [1.807, 2.05) is 38.4 Å². The third-order valence-corrected chi connectivity index (χ3v) is 5.37. The van der Waals surface area contributed by atoms with Gasteiger partial charge in [0.2, 0.25) is 0 Å². The zero-order valence-corrected chi connectivity index (χ0v) is 16.2. The molecule has 130 valence electrons. The fourth-order valence-corrected chi connectivity index (χ4v) is 3.85. The first-order chi connectivity index (χ1) is 12.1. The standard InChI is InChI=1S/C19H21ClN4S/c1-4-24-18(14-9-11-16(12-10-14)23(2)3)21-22-19(24)25-13-15-7-5-6-8-17(15)20/h5-12H,4,13H2,1-3H3. The molecule has 1 aromatic heterocycles. The van der Waals surface area contributed by atoms with Gasteiger partial charge in [-0.2, -0.15) is 0 Å². The Morgan fingerprint density at radius 2 is 1.76 bits per heavy atom. The molecule has 25 heavy (non-hydrogen) atoms. The van der Waals surface area contributed by atoms with Gasteiger partial charge in [-0.3, -0.25) is 0 Å². The highest BCUT2D eigenvalue weighted by Gasteiger charge is 2.14. The molecule has 3 aromatic rings. The Morgan fingerprint density at radius 1 is 1.04 bits per heavy atom. The van der Waals surface area contributed by atoms with Crippen LogP contribution in [0, 0.1) is 0 Å². The minimum absolute atomic E-state index is 0.775. The van der Waals surface area contributed by atoms with Crippen LogP contribution in [0.3, 0.4) is 0 Å². The van der Waals surface area contributed by atoms with Crippen LogP contribution in [-0.2, 0) is 12.3 Å². The Bertz CT molecular complexity index is 843. The maximum absolute atomic E-state index is 6.25. The van der Waals surface area contributed by atoms with E-state index in [4.69, 9.17) is 11.6 Å². The van der Waals surface area contributed by atoms with E-state index in [0.29, 0.717) is 0 Å². The van der Waals surface area contributed by atoms with Crippen LogP contribution in [0.5, 0.6) is 0 Å². The number of thioether (sulfide) groups is 1. The highest BCUT2D eigenvalue weighted by molar-refractivity contribution is 7.98. The summed E-state index contributed by atoms with van der Waals surface area (Å²) in [4.78, 5) is 2.08. The maximum Gasteiger partial charge on any atom is 0.191 e. The first kappa shape index (κ1) is 17.8. The number of hydrogen-bond donors (Lipinski definition) is 0. The molecular formula is C19H21ClN4S. The molecule has 1 heterocycles. The number of halogens is 1. The van der Waals surface area contributed by atoms with Crippen LogP contribution >= 0.6 is 23.4 Å². The molecule has 4 nitrogen and oxygen atoms in total. The van der Waals surface area contributed by atoms with E-state index < -0.39 is 0 Å². The summed E-state index contributed by atoms with van der Waals surface area (Å²) < 4.78 is 2.15. The number of anilines is 1. The van der Waals surface area contributed by atoms with Crippen molar-refractivity contribution in [3.63, 3.8) is 0 Å². The largest absolute Gasteiger partial charge is 0.378 e. The predicted molar refractivity (Wildman–Crippen MR) is 106 cm³/mol. The Kier molecular flexibility index (Phi) is 5.66. The van der Waals surface area contributed by atoms with Gasteiger partial charge in [-0.25, -0.2) is 0 Å². The number of nitrogens with zero attached hydrogens (tertiary/aromatic N) is 4. The lowest BCUT2D eigenvalue weighted by Gasteiger charge is -2.13. The fraction of sp³-hybridized carbons (Fsp3) is 0.263. The van der Waals surface area contributed by atoms with E-state index in [0.717, 1.165) is 39.4 Å². The summed E-state index contributed by atoms with van der Waals surface area (Å²) in [5, 5.41) is 10.5. The Labute approximate surface area is 157 Å². The number of benzene rings is 2. The van der Waals surface area contributed by atoms with Crippen LogP contribution < -0.4 is 4.90 Å². The second-order valence-corrected chi connectivity index (χ2v) is 7.22. The predicted octanol–water partition coefficient (Wildman–Crippen LogP) is 4.98. The van der Waals surface area contributed by atoms with Crippen molar-refractivity contribution in [3.8, 4) is 11.4 Å². The third kappa shape index (κ3) is 3.99. The van der Waals surface area contributed by atoms with E-state index in [1.54, 1.807) is 11.8 Å². The quantitative estimate of drug-likeness (QED) is 0.571. The highest BCUT2D eigenvalue weighted by Crippen LogP contribution is 2.29. The summed E-state index contributed by atoms with van der Waals surface area (Å²) >= 11 is 7.90. The summed E-state index contributed by atoms with van der Waals surface area (Å²) in [6.07, 6.45) is 0. The van der Waals surface area contributed by atoms with Gasteiger partial charge >= 0.3 is 0 Å². The van der Waals surface area contributed by atoms with E-state index in [9.17, 15) is 0 Å². The van der Waals surface area contributed by atoms with E-state index in [2.05, 4.69) is 50.9 Å². The first-order valence-corrected chi connectivity index (χ1v) is 9.53. The summed E-state index contributed by atoms with van der Waals surface area (Å²) in [6, 6.07) is 16.3. The van der Waals surface area contributed by atoms with Gasteiger partial charge in [0.15, 0.2) is 11.0 Å². The summed E-state index contributed by atoms with van der Waals surface area (Å²) in [5.74, 6) is 1.67. The van der Waals surface area contributed by atoms with Crippen molar-refractivity contribution in [2.45, 2.75) is 24.4 Å². The highest BCUT2D eigenvalue weighted by atomic mass is 35.5. The SMILES string of the molecule is CCn1c(SCc2ccccc2Cl)nnc1-c1ccc(N(C)C)cc1. The fourth-order valence-electron chi connectivity index (χ4n) is 2.56. The van der Waals surface area contributed by atoms with Crippen molar-refractivity contribution in [2.75, 3.05) is 19.0 Å². The Hall–Kier alpha value is -1.98. The molecule has 2 aromatic carbocycles. The molecular weight excluding hydrogens is 352 g/mol. The average molecular weight is 373 g/mol. The maximum atomic E-state index is 6.25. The van der Waals surface area contributed by atoms with Crippen LogP contribution in [0.1, 0.15) is 12.5 Å². The minimum atomic E-state index is 0.775. The molecule has 0 N–H and O–H groups in total. The molecule has 0 saturated heterocycles. The van der Waals surface area contributed by atoms with E-state index >= 15 is 0 Å². The lowest BCUT2D eigenvalue weighted by Crippen LogP contribution is -2.08. The summed E-state index contributed by atoms with van der Waals surface area (Å²) in [7, 11) is 4.07. The van der Waals surface area contributed by atoms with Crippen molar-refractivity contribution < 1.29 is 0 Å². The first-order valence-electron chi connectivity index (χ1n) is 8.17. The summed E-state index contributed by atoms with van der Waals surface area (Å²) in [6.45, 7) is 2.93. The lowest BCUT2D eigenvalue weighted by molar-refractivity contribution is 0.687. The normalized spacial score (nSPS) is 10.9. The van der Waals surface area contributed by atoms with Crippen LogP contribution in [0.25, 0.3) is 11.4 Å². The molecule has 0 aliphatic rings. The van der Waals surface area contributed by atoms with Gasteiger partial charge < -0.3 is 9.47 Å². The van der Waals surface area contributed by atoms with Crippen molar-refractivity contribution >= 4 is 29.1 Å². The molecule has 0 aliphatic heterocycles. The van der Waals surface area contributed by atoms with Crippen molar-refractivity contribution in [1.82, 2.24) is 14.8 Å². The third-order valence-electron chi connectivity index (χ3n) is 3.99. The number of hydrogen-bond acceptors (Lipinski definition) is 4. The molecule has 0 spiro atoms. The van der Waals surface area contributed by atoms with Crippen LogP contribution in [0.15, 0.2) is 53.7 Å². The zero-order chi connectivity index (χ0) is 17.8.